The van der Waals surface area contributed by atoms with Crippen LogP contribution < -0.4 is 15.0 Å². The molecule has 1 heterocycles. The van der Waals surface area contributed by atoms with Crippen molar-refractivity contribution in [2.45, 2.75) is 32.2 Å². The van der Waals surface area contributed by atoms with Crippen LogP contribution in [0.5, 0.6) is 5.75 Å². The fourth-order valence-electron chi connectivity index (χ4n) is 2.55. The van der Waals surface area contributed by atoms with Crippen molar-refractivity contribution in [2.75, 3.05) is 18.6 Å². The third-order valence-corrected chi connectivity index (χ3v) is 3.91. The van der Waals surface area contributed by atoms with Gasteiger partial charge in [-0.1, -0.05) is 19.9 Å². The van der Waals surface area contributed by atoms with Crippen LogP contribution in [0, 0.1) is 0 Å². The van der Waals surface area contributed by atoms with Gasteiger partial charge in [0.05, 0.1) is 7.11 Å². The van der Waals surface area contributed by atoms with Crippen LogP contribution in [0.3, 0.4) is 0 Å². The summed E-state index contributed by atoms with van der Waals surface area (Å²) in [5.41, 5.74) is -0.103. The molecule has 5 heteroatoms. The SMILES string of the molecule is CCC1(CC)NC(=O)CN(c2cccc(OC)c2)C1=O. The third kappa shape index (κ3) is 2.35. The van der Waals surface area contributed by atoms with Gasteiger partial charge in [0.1, 0.15) is 17.8 Å². The van der Waals surface area contributed by atoms with Crippen molar-refractivity contribution in [3.8, 4) is 5.75 Å². The second kappa shape index (κ2) is 5.53. The summed E-state index contributed by atoms with van der Waals surface area (Å²) in [6.45, 7) is 3.88. The Hall–Kier alpha value is -2.04. The average Bonchev–Trinajstić information content (AvgIpc) is 2.49. The number of ether oxygens (including phenoxy) is 1. The fourth-order valence-corrected chi connectivity index (χ4v) is 2.55. The van der Waals surface area contributed by atoms with Gasteiger partial charge in [-0.2, -0.15) is 0 Å². The number of anilines is 1. The minimum absolute atomic E-state index is 0.0494. The summed E-state index contributed by atoms with van der Waals surface area (Å²) < 4.78 is 5.17. The van der Waals surface area contributed by atoms with Crippen LogP contribution in [-0.2, 0) is 9.59 Å². The number of benzene rings is 1. The zero-order valence-electron chi connectivity index (χ0n) is 12.1. The van der Waals surface area contributed by atoms with Crippen molar-refractivity contribution in [3.63, 3.8) is 0 Å². The minimum Gasteiger partial charge on any atom is -0.497 e. The maximum atomic E-state index is 12.7. The van der Waals surface area contributed by atoms with Crippen molar-refractivity contribution in [3.05, 3.63) is 24.3 Å². The number of rotatable bonds is 4. The van der Waals surface area contributed by atoms with Crippen molar-refractivity contribution in [1.82, 2.24) is 5.32 Å². The van der Waals surface area contributed by atoms with Crippen molar-refractivity contribution in [2.24, 2.45) is 0 Å². The first-order valence-corrected chi connectivity index (χ1v) is 6.83. The second-order valence-electron chi connectivity index (χ2n) is 4.93. The van der Waals surface area contributed by atoms with Crippen LogP contribution >= 0.6 is 0 Å². The first-order chi connectivity index (χ1) is 9.56. The highest BCUT2D eigenvalue weighted by atomic mass is 16.5. The van der Waals surface area contributed by atoms with E-state index in [0.717, 1.165) is 0 Å². The molecule has 108 valence electrons. The Morgan fingerprint density at radius 1 is 1.30 bits per heavy atom. The quantitative estimate of drug-likeness (QED) is 0.911. The van der Waals surface area contributed by atoms with Crippen LogP contribution in [0.25, 0.3) is 0 Å². The first-order valence-electron chi connectivity index (χ1n) is 6.83. The lowest BCUT2D eigenvalue weighted by Crippen LogP contribution is -2.66. The molecule has 2 amide bonds. The second-order valence-corrected chi connectivity index (χ2v) is 4.93. The molecule has 1 aromatic rings. The molecule has 20 heavy (non-hydrogen) atoms. The highest BCUT2D eigenvalue weighted by Gasteiger charge is 2.44. The normalized spacial score (nSPS) is 17.9. The molecule has 5 nitrogen and oxygen atoms in total. The molecule has 0 atom stereocenters. The zero-order chi connectivity index (χ0) is 14.8. The van der Waals surface area contributed by atoms with E-state index < -0.39 is 5.54 Å². The molecule has 1 fully saturated rings. The zero-order valence-corrected chi connectivity index (χ0v) is 12.1. The smallest absolute Gasteiger partial charge is 0.253 e. The van der Waals surface area contributed by atoms with Gasteiger partial charge in [-0.3, -0.25) is 9.59 Å². The summed E-state index contributed by atoms with van der Waals surface area (Å²) in [5, 5.41) is 2.85. The molecular weight excluding hydrogens is 256 g/mol. The lowest BCUT2D eigenvalue weighted by atomic mass is 9.88. The third-order valence-electron chi connectivity index (χ3n) is 3.91. The van der Waals surface area contributed by atoms with E-state index in [9.17, 15) is 9.59 Å². The van der Waals surface area contributed by atoms with E-state index in [1.807, 2.05) is 32.0 Å². The first kappa shape index (κ1) is 14.4. The number of nitrogens with zero attached hydrogens (tertiary/aromatic N) is 1. The number of nitrogens with one attached hydrogen (secondary N) is 1. The topological polar surface area (TPSA) is 58.6 Å². The summed E-state index contributed by atoms with van der Waals surface area (Å²) in [6.07, 6.45) is 1.16. The molecule has 2 rings (SSSR count). The van der Waals surface area contributed by atoms with Crippen molar-refractivity contribution < 1.29 is 14.3 Å². The molecular formula is C15H20N2O3. The molecule has 0 saturated carbocycles. The monoisotopic (exact) mass is 276 g/mol. The molecule has 1 aliphatic rings. The molecule has 1 aromatic carbocycles. The summed E-state index contributed by atoms with van der Waals surface area (Å²) in [4.78, 5) is 26.2. The van der Waals surface area contributed by atoms with Crippen LogP contribution in [0.2, 0.25) is 0 Å². The standard InChI is InChI=1S/C15H20N2O3/c1-4-15(5-2)14(19)17(10-13(18)16-15)11-7-6-8-12(9-11)20-3/h6-9H,4-5,10H2,1-3H3,(H,16,18). The van der Waals surface area contributed by atoms with Gasteiger partial charge in [0, 0.05) is 11.8 Å². The van der Waals surface area contributed by atoms with E-state index in [4.69, 9.17) is 4.74 Å². The van der Waals surface area contributed by atoms with Crippen molar-refractivity contribution in [1.29, 1.82) is 0 Å². The van der Waals surface area contributed by atoms with Gasteiger partial charge in [0.25, 0.3) is 5.91 Å². The predicted octanol–water partition coefficient (Wildman–Crippen LogP) is 1.72. The number of carbonyl (C=O) groups excluding carboxylic acids is 2. The lowest BCUT2D eigenvalue weighted by Gasteiger charge is -2.41. The number of piperazine rings is 1. The van der Waals surface area contributed by atoms with Gasteiger partial charge in [-0.15, -0.1) is 0 Å². The molecule has 0 spiro atoms. The summed E-state index contributed by atoms with van der Waals surface area (Å²) in [5.74, 6) is 0.478. The Labute approximate surface area is 118 Å². The number of hydrogen-bond acceptors (Lipinski definition) is 3. The highest BCUT2D eigenvalue weighted by Crippen LogP contribution is 2.28. The Morgan fingerprint density at radius 2 is 2.00 bits per heavy atom. The number of amides is 2. The van der Waals surface area contributed by atoms with E-state index >= 15 is 0 Å². The van der Waals surface area contributed by atoms with E-state index in [1.165, 1.54) is 4.90 Å². The highest BCUT2D eigenvalue weighted by molar-refractivity contribution is 6.09. The van der Waals surface area contributed by atoms with Gasteiger partial charge in [-0.05, 0) is 25.0 Å². The van der Waals surface area contributed by atoms with Gasteiger partial charge < -0.3 is 15.0 Å². The lowest BCUT2D eigenvalue weighted by molar-refractivity contribution is -0.136. The van der Waals surface area contributed by atoms with Gasteiger partial charge in [-0.25, -0.2) is 0 Å². The number of carbonyl (C=O) groups is 2. The molecule has 0 bridgehead atoms. The maximum absolute atomic E-state index is 12.7. The molecule has 0 aliphatic carbocycles. The number of hydrogen-bond donors (Lipinski definition) is 1. The van der Waals surface area contributed by atoms with E-state index in [2.05, 4.69) is 5.32 Å². The Balaban J connectivity index is 2.39. The van der Waals surface area contributed by atoms with Crippen LogP contribution in [-0.4, -0.2) is 31.0 Å². The molecule has 0 aromatic heterocycles. The van der Waals surface area contributed by atoms with Crippen LogP contribution in [0.1, 0.15) is 26.7 Å². The maximum Gasteiger partial charge on any atom is 0.253 e. The summed E-state index contributed by atoms with van der Waals surface area (Å²) in [6, 6.07) is 7.21. The molecule has 0 unspecified atom stereocenters. The Kier molecular flexibility index (Phi) is 3.97. The largest absolute Gasteiger partial charge is 0.497 e. The Morgan fingerprint density at radius 3 is 2.60 bits per heavy atom. The van der Waals surface area contributed by atoms with E-state index in [-0.39, 0.29) is 18.4 Å². The molecule has 1 aliphatic heterocycles. The van der Waals surface area contributed by atoms with Gasteiger partial charge >= 0.3 is 0 Å². The van der Waals surface area contributed by atoms with Gasteiger partial charge in [0.2, 0.25) is 5.91 Å². The van der Waals surface area contributed by atoms with Gasteiger partial charge in [0.15, 0.2) is 0 Å². The fraction of sp³-hybridized carbons (Fsp3) is 0.467. The minimum atomic E-state index is -0.793. The summed E-state index contributed by atoms with van der Waals surface area (Å²) in [7, 11) is 1.58. The van der Waals surface area contributed by atoms with Crippen molar-refractivity contribution >= 4 is 17.5 Å². The molecule has 1 saturated heterocycles. The number of methoxy groups -OCH3 is 1. The Bertz CT molecular complexity index is 524. The van der Waals surface area contributed by atoms with Crippen LogP contribution in [0.15, 0.2) is 24.3 Å². The molecule has 1 N–H and O–H groups in total. The van der Waals surface area contributed by atoms with E-state index in [0.29, 0.717) is 24.3 Å². The average molecular weight is 276 g/mol. The van der Waals surface area contributed by atoms with Crippen LogP contribution in [0.4, 0.5) is 5.69 Å². The van der Waals surface area contributed by atoms with E-state index in [1.54, 1.807) is 13.2 Å². The predicted molar refractivity (Wildman–Crippen MR) is 76.8 cm³/mol. The molecule has 0 radical (unpaired) electrons. The summed E-state index contributed by atoms with van der Waals surface area (Å²) >= 11 is 0.